The Kier molecular flexibility index (Phi) is 32.3. The number of aliphatic carboxylic acids is 6. The molecule has 0 saturated carbocycles. The van der Waals surface area contributed by atoms with E-state index in [0.717, 1.165) is 0 Å². The molecule has 0 rings (SSSR count). The van der Waals surface area contributed by atoms with Gasteiger partial charge in [0.05, 0.1) is 35.8 Å². The molecule has 0 spiro atoms. The average Bonchev–Trinajstić information content (AvgIpc) is 2.42. The van der Waals surface area contributed by atoms with Crippen LogP contribution in [-0.2, 0) is 28.8 Å². The van der Waals surface area contributed by atoms with Gasteiger partial charge in [-0.3, -0.25) is 0 Å². The van der Waals surface area contributed by atoms with Gasteiger partial charge in [-0.15, -0.1) is 0 Å². The van der Waals surface area contributed by atoms with Crippen LogP contribution in [0.5, 0.6) is 0 Å². The van der Waals surface area contributed by atoms with Gasteiger partial charge in [0.1, 0.15) is 0 Å². The number of hydrogen-bond acceptors (Lipinski definition) is 12. The maximum atomic E-state index is 9.41. The summed E-state index contributed by atoms with van der Waals surface area (Å²) in [6.07, 6.45) is 2.31. The molecule has 0 radical (unpaired) electrons. The van der Waals surface area contributed by atoms with Crippen molar-refractivity contribution in [2.75, 3.05) is 0 Å². The van der Waals surface area contributed by atoms with Crippen molar-refractivity contribution in [1.29, 1.82) is 0 Å². The SMILES string of the molecule is O=C([O-])/C=C/C(=O)[O-].O=C([O-])/C=C/C(=O)[O-].O=C([O-])/C=C/C(=O)[O-].[Ho+3].[Ho+3]. The first-order valence-electron chi connectivity index (χ1n) is 5.18. The Morgan fingerprint density at radius 3 is 0.462 bits per heavy atom. The van der Waals surface area contributed by atoms with Crippen LogP contribution in [0.2, 0.25) is 0 Å². The van der Waals surface area contributed by atoms with Crippen molar-refractivity contribution in [2.45, 2.75) is 0 Å². The summed E-state index contributed by atoms with van der Waals surface area (Å²) in [5, 5.41) is 56.5. The van der Waals surface area contributed by atoms with Crippen LogP contribution in [0.25, 0.3) is 0 Å². The number of hydrogen-bond donors (Lipinski definition) is 0. The zero-order valence-corrected chi connectivity index (χ0v) is 15.8. The molecule has 0 aliphatic carbocycles. The molecular weight excluding hydrogens is 666 g/mol. The normalized spacial score (nSPS) is 8.77. The largest absolute Gasteiger partial charge is 3.00 e. The summed E-state index contributed by atoms with van der Waals surface area (Å²) >= 11 is 0. The van der Waals surface area contributed by atoms with Crippen molar-refractivity contribution in [1.82, 2.24) is 0 Å². The second-order valence-corrected chi connectivity index (χ2v) is 2.91. The first-order valence-corrected chi connectivity index (χ1v) is 5.18. The van der Waals surface area contributed by atoms with Crippen LogP contribution in [0.1, 0.15) is 0 Å². The minimum atomic E-state index is -1.55. The molecule has 0 aliphatic heterocycles. The van der Waals surface area contributed by atoms with Gasteiger partial charge in [-0.1, -0.05) is 0 Å². The molecule has 0 unspecified atom stereocenters. The van der Waals surface area contributed by atoms with Crippen LogP contribution in [0.3, 0.4) is 0 Å². The standard InChI is InChI=1S/3C4H4O4.2Ho/c3*5-3(6)1-2-4(7)8;;/h3*1-2H,(H,5,6)(H,7,8);;/q;;;2*+3/p-6/b3*2-1+;;. The van der Waals surface area contributed by atoms with E-state index in [2.05, 4.69) is 0 Å². The summed E-state index contributed by atoms with van der Waals surface area (Å²) < 4.78 is 0. The van der Waals surface area contributed by atoms with Gasteiger partial charge >= 0.3 is 75.5 Å². The van der Waals surface area contributed by atoms with Gasteiger partial charge in [0, 0.05) is 0 Å². The van der Waals surface area contributed by atoms with E-state index >= 15 is 0 Å². The molecule has 148 valence electrons. The van der Waals surface area contributed by atoms with Crippen LogP contribution in [0.4, 0.5) is 0 Å². The predicted octanol–water partition coefficient (Wildman–Crippen LogP) is -8.87. The predicted molar refractivity (Wildman–Crippen MR) is 57.5 cm³/mol. The van der Waals surface area contributed by atoms with E-state index in [1.54, 1.807) is 0 Å². The fourth-order valence-corrected chi connectivity index (χ4v) is 0.408. The van der Waals surface area contributed by atoms with E-state index in [1.165, 1.54) is 0 Å². The van der Waals surface area contributed by atoms with Gasteiger partial charge in [0.25, 0.3) is 0 Å². The smallest absolute Gasteiger partial charge is 0.545 e. The molecule has 0 aromatic rings. The van der Waals surface area contributed by atoms with Crippen molar-refractivity contribution < 1.29 is 135 Å². The fraction of sp³-hybridized carbons (Fsp3) is 0. The first-order chi connectivity index (χ1) is 10.9. The Labute approximate surface area is 205 Å². The zero-order valence-electron chi connectivity index (χ0n) is 12.0. The van der Waals surface area contributed by atoms with Gasteiger partial charge in [0.2, 0.25) is 0 Å². The van der Waals surface area contributed by atoms with E-state index in [4.69, 9.17) is 0 Å². The quantitative estimate of drug-likeness (QED) is 0.189. The summed E-state index contributed by atoms with van der Waals surface area (Å²) in [5.41, 5.74) is 0. The number of carbonyl (C=O) groups is 6. The van der Waals surface area contributed by atoms with Crippen LogP contribution in [0, 0.1) is 75.5 Å². The third kappa shape index (κ3) is 57.0. The molecular formula is C12H6Ho2O12. The second-order valence-electron chi connectivity index (χ2n) is 2.91. The molecule has 0 aromatic carbocycles. The van der Waals surface area contributed by atoms with E-state index in [1.807, 2.05) is 0 Å². The van der Waals surface area contributed by atoms with E-state index in [9.17, 15) is 59.4 Å². The molecule has 0 N–H and O–H groups in total. The summed E-state index contributed by atoms with van der Waals surface area (Å²) in [5.74, 6) is -9.28. The maximum Gasteiger partial charge on any atom is 3.00 e. The number of carbonyl (C=O) groups excluding carboxylic acids is 6. The summed E-state index contributed by atoms with van der Waals surface area (Å²) in [6.45, 7) is 0. The van der Waals surface area contributed by atoms with Crippen LogP contribution < -0.4 is 30.6 Å². The number of rotatable bonds is 6. The Morgan fingerprint density at radius 2 is 0.423 bits per heavy atom. The molecule has 0 heterocycles. The van der Waals surface area contributed by atoms with Crippen LogP contribution in [-0.4, -0.2) is 35.8 Å². The third-order valence-corrected chi connectivity index (χ3v) is 1.07. The Bertz CT molecular complexity index is 448. The van der Waals surface area contributed by atoms with Gasteiger partial charge < -0.3 is 59.4 Å². The third-order valence-electron chi connectivity index (χ3n) is 1.07. The second kappa shape index (κ2) is 23.6. The molecule has 0 aliphatic rings. The monoisotopic (exact) mass is 672 g/mol. The van der Waals surface area contributed by atoms with Crippen molar-refractivity contribution in [3.63, 3.8) is 0 Å². The minimum absolute atomic E-state index is 0. The van der Waals surface area contributed by atoms with Gasteiger partial charge in [0.15, 0.2) is 0 Å². The average molecular weight is 672 g/mol. The molecule has 0 bridgehead atoms. The zero-order chi connectivity index (χ0) is 19.7. The van der Waals surface area contributed by atoms with Gasteiger partial charge in [-0.2, -0.15) is 0 Å². The van der Waals surface area contributed by atoms with Crippen molar-refractivity contribution in [3.8, 4) is 0 Å². The summed E-state index contributed by atoms with van der Waals surface area (Å²) in [4.78, 5) is 56.5. The van der Waals surface area contributed by atoms with Crippen LogP contribution in [0.15, 0.2) is 36.5 Å². The first kappa shape index (κ1) is 35.6. The van der Waals surface area contributed by atoms with Crippen molar-refractivity contribution >= 4 is 35.8 Å². The molecule has 0 fully saturated rings. The Hall–Kier alpha value is -1.44. The molecule has 26 heavy (non-hydrogen) atoms. The van der Waals surface area contributed by atoms with E-state index in [-0.39, 0.29) is 75.5 Å². The van der Waals surface area contributed by atoms with Gasteiger partial charge in [-0.25, -0.2) is 0 Å². The molecule has 14 heteroatoms. The molecule has 12 nitrogen and oxygen atoms in total. The maximum absolute atomic E-state index is 9.41. The number of carboxylic acid groups (broad SMARTS) is 6. The summed E-state index contributed by atoms with van der Waals surface area (Å²) in [7, 11) is 0. The van der Waals surface area contributed by atoms with Crippen molar-refractivity contribution in [2.24, 2.45) is 0 Å². The number of carboxylic acids is 6. The molecule has 0 saturated heterocycles. The topological polar surface area (TPSA) is 241 Å². The Morgan fingerprint density at radius 1 is 0.346 bits per heavy atom. The van der Waals surface area contributed by atoms with E-state index in [0.29, 0.717) is 36.5 Å². The molecule has 0 atom stereocenters. The summed E-state index contributed by atoms with van der Waals surface area (Å²) in [6, 6.07) is 0. The fourth-order valence-electron chi connectivity index (χ4n) is 0.408. The minimum Gasteiger partial charge on any atom is -0.545 e. The molecule has 0 aromatic heterocycles. The molecule has 0 amide bonds. The van der Waals surface area contributed by atoms with E-state index < -0.39 is 35.8 Å². The Balaban J connectivity index is -0.0000000817. The van der Waals surface area contributed by atoms with Crippen LogP contribution >= 0.6 is 0 Å². The van der Waals surface area contributed by atoms with Crippen molar-refractivity contribution in [3.05, 3.63) is 36.5 Å². The van der Waals surface area contributed by atoms with Gasteiger partial charge in [-0.05, 0) is 36.5 Å².